The van der Waals surface area contributed by atoms with E-state index < -0.39 is 0 Å². The second-order valence-corrected chi connectivity index (χ2v) is 6.00. The maximum atomic E-state index is 5.39. The van der Waals surface area contributed by atoms with Crippen LogP contribution < -0.4 is 5.32 Å². The van der Waals surface area contributed by atoms with E-state index in [0.717, 1.165) is 37.6 Å². The lowest BCUT2D eigenvalue weighted by atomic mass is 9.48. The third kappa shape index (κ3) is 2.14. The van der Waals surface area contributed by atoms with E-state index in [-0.39, 0.29) is 0 Å². The van der Waals surface area contributed by atoms with Gasteiger partial charge >= 0.3 is 0 Å². The molecule has 1 N–H and O–H groups in total. The average molecular weight is 225 g/mol. The molecule has 2 rings (SSSR count). The minimum Gasteiger partial charge on any atom is -0.380 e. The van der Waals surface area contributed by atoms with Crippen molar-refractivity contribution in [1.82, 2.24) is 5.32 Å². The third-order valence-corrected chi connectivity index (χ3v) is 4.82. The summed E-state index contributed by atoms with van der Waals surface area (Å²) in [6.45, 7) is 9.66. The summed E-state index contributed by atoms with van der Waals surface area (Å²) in [6, 6.07) is 0.734. The molecule has 0 saturated heterocycles. The largest absolute Gasteiger partial charge is 0.380 e. The Labute approximate surface area is 100 Å². The third-order valence-electron chi connectivity index (χ3n) is 4.82. The molecule has 0 aliphatic heterocycles. The lowest BCUT2D eigenvalue weighted by Crippen LogP contribution is -2.65. The minimum atomic E-state index is 0.511. The van der Waals surface area contributed by atoms with Crippen molar-refractivity contribution in [3.63, 3.8) is 0 Å². The van der Waals surface area contributed by atoms with Gasteiger partial charge in [-0.25, -0.2) is 0 Å². The lowest BCUT2D eigenvalue weighted by Gasteiger charge is -2.61. The maximum absolute atomic E-state index is 5.39. The first-order valence-electron chi connectivity index (χ1n) is 6.99. The molecule has 2 heteroatoms. The van der Waals surface area contributed by atoms with Gasteiger partial charge in [-0.05, 0) is 37.0 Å². The Hall–Kier alpha value is -0.0800. The topological polar surface area (TPSA) is 21.3 Å². The molecule has 0 aromatic heterocycles. The summed E-state index contributed by atoms with van der Waals surface area (Å²) in [7, 11) is 0. The first-order chi connectivity index (χ1) is 7.68. The predicted octanol–water partition coefficient (Wildman–Crippen LogP) is 2.83. The van der Waals surface area contributed by atoms with Crippen LogP contribution in [0.4, 0.5) is 0 Å². The Kier molecular flexibility index (Phi) is 3.91. The standard InChI is InChI=1S/C14H27NO/c1-4-16-10-9-15-13-11-7-5-6-8-12(11)14(13,2)3/h11-13,15H,4-10H2,1-3H3/t11-,12+,13?/m1/s1. The van der Waals surface area contributed by atoms with Crippen molar-refractivity contribution in [1.29, 1.82) is 0 Å². The molecule has 0 spiro atoms. The Bertz CT molecular complexity index is 227. The number of hydrogen-bond donors (Lipinski definition) is 1. The molecule has 2 fully saturated rings. The molecule has 0 radical (unpaired) electrons. The fourth-order valence-electron chi connectivity index (χ4n) is 3.99. The van der Waals surface area contributed by atoms with Gasteiger partial charge in [0.15, 0.2) is 0 Å². The number of rotatable bonds is 5. The van der Waals surface area contributed by atoms with Gasteiger partial charge in [-0.1, -0.05) is 26.7 Å². The van der Waals surface area contributed by atoms with Crippen LogP contribution in [-0.2, 0) is 4.74 Å². The van der Waals surface area contributed by atoms with Gasteiger partial charge in [-0.2, -0.15) is 0 Å². The van der Waals surface area contributed by atoms with Crippen molar-refractivity contribution in [2.45, 2.75) is 52.5 Å². The normalized spacial score (nSPS) is 36.6. The van der Waals surface area contributed by atoms with Gasteiger partial charge in [-0.15, -0.1) is 0 Å². The van der Waals surface area contributed by atoms with Crippen LogP contribution in [0.1, 0.15) is 46.5 Å². The van der Waals surface area contributed by atoms with Crippen molar-refractivity contribution >= 4 is 0 Å². The van der Waals surface area contributed by atoms with Crippen molar-refractivity contribution < 1.29 is 4.74 Å². The molecule has 0 amide bonds. The molecule has 0 aromatic rings. The van der Waals surface area contributed by atoms with E-state index in [4.69, 9.17) is 4.74 Å². The van der Waals surface area contributed by atoms with Crippen LogP contribution in [-0.4, -0.2) is 25.8 Å². The second-order valence-electron chi connectivity index (χ2n) is 6.00. The van der Waals surface area contributed by atoms with Crippen LogP contribution in [0.3, 0.4) is 0 Å². The molecule has 0 aromatic carbocycles. The summed E-state index contributed by atoms with van der Waals surface area (Å²) in [5.41, 5.74) is 0.511. The smallest absolute Gasteiger partial charge is 0.0590 e. The maximum Gasteiger partial charge on any atom is 0.0590 e. The fraction of sp³-hybridized carbons (Fsp3) is 1.00. The summed E-state index contributed by atoms with van der Waals surface area (Å²) in [5.74, 6) is 1.93. The van der Waals surface area contributed by atoms with Gasteiger partial charge < -0.3 is 10.1 Å². The quantitative estimate of drug-likeness (QED) is 0.726. The zero-order valence-electron chi connectivity index (χ0n) is 11.1. The van der Waals surface area contributed by atoms with Crippen molar-refractivity contribution in [2.75, 3.05) is 19.8 Å². The number of ether oxygens (including phenoxy) is 1. The molecular formula is C14H27NO. The zero-order chi connectivity index (χ0) is 11.6. The summed E-state index contributed by atoms with van der Waals surface area (Å²) in [5, 5.41) is 3.72. The first kappa shape index (κ1) is 12.4. The predicted molar refractivity (Wildman–Crippen MR) is 67.5 cm³/mol. The number of hydrogen-bond acceptors (Lipinski definition) is 2. The molecular weight excluding hydrogens is 198 g/mol. The summed E-state index contributed by atoms with van der Waals surface area (Å²) >= 11 is 0. The molecule has 2 aliphatic carbocycles. The zero-order valence-corrected chi connectivity index (χ0v) is 11.1. The van der Waals surface area contributed by atoms with Gasteiger partial charge in [-0.3, -0.25) is 0 Å². The highest BCUT2D eigenvalue weighted by atomic mass is 16.5. The second kappa shape index (κ2) is 5.05. The van der Waals surface area contributed by atoms with Crippen LogP contribution in [0.5, 0.6) is 0 Å². The monoisotopic (exact) mass is 225 g/mol. The molecule has 0 bridgehead atoms. The van der Waals surface area contributed by atoms with E-state index in [1.165, 1.54) is 25.7 Å². The molecule has 94 valence electrons. The number of nitrogens with one attached hydrogen (secondary N) is 1. The Morgan fingerprint density at radius 1 is 1.25 bits per heavy atom. The molecule has 3 atom stereocenters. The Morgan fingerprint density at radius 3 is 2.75 bits per heavy atom. The Morgan fingerprint density at radius 2 is 2.00 bits per heavy atom. The minimum absolute atomic E-state index is 0.511. The molecule has 1 unspecified atom stereocenters. The van der Waals surface area contributed by atoms with Gasteiger partial charge in [0.05, 0.1) is 6.61 Å². The van der Waals surface area contributed by atoms with Crippen molar-refractivity contribution in [3.8, 4) is 0 Å². The molecule has 2 aliphatic rings. The van der Waals surface area contributed by atoms with Gasteiger partial charge in [0.25, 0.3) is 0 Å². The van der Waals surface area contributed by atoms with E-state index in [0.29, 0.717) is 5.41 Å². The first-order valence-corrected chi connectivity index (χ1v) is 6.99. The van der Waals surface area contributed by atoms with Crippen molar-refractivity contribution in [3.05, 3.63) is 0 Å². The SMILES string of the molecule is CCOCCNC1[C@@H]2CCCC[C@@H]2C1(C)C. The number of fused-ring (bicyclic) bond motifs is 1. The highest BCUT2D eigenvalue weighted by molar-refractivity contribution is 5.08. The van der Waals surface area contributed by atoms with Crippen LogP contribution in [0.25, 0.3) is 0 Å². The van der Waals surface area contributed by atoms with Gasteiger partial charge in [0.1, 0.15) is 0 Å². The lowest BCUT2D eigenvalue weighted by molar-refractivity contribution is -0.0888. The van der Waals surface area contributed by atoms with E-state index in [1.54, 1.807) is 0 Å². The van der Waals surface area contributed by atoms with Gasteiger partial charge in [0, 0.05) is 19.2 Å². The Balaban J connectivity index is 1.80. The summed E-state index contributed by atoms with van der Waals surface area (Å²) in [6.07, 6.45) is 5.80. The highest BCUT2D eigenvalue weighted by Gasteiger charge is 2.55. The highest BCUT2D eigenvalue weighted by Crippen LogP contribution is 2.56. The van der Waals surface area contributed by atoms with E-state index in [9.17, 15) is 0 Å². The fourth-order valence-corrected chi connectivity index (χ4v) is 3.99. The van der Waals surface area contributed by atoms with Crippen LogP contribution in [0.2, 0.25) is 0 Å². The van der Waals surface area contributed by atoms with E-state index in [2.05, 4.69) is 26.1 Å². The molecule has 16 heavy (non-hydrogen) atoms. The summed E-state index contributed by atoms with van der Waals surface area (Å²) < 4.78 is 5.39. The molecule has 2 nitrogen and oxygen atoms in total. The van der Waals surface area contributed by atoms with Crippen LogP contribution in [0, 0.1) is 17.3 Å². The average Bonchev–Trinajstić information content (AvgIpc) is 2.29. The van der Waals surface area contributed by atoms with Crippen LogP contribution in [0.15, 0.2) is 0 Å². The molecule has 2 saturated carbocycles. The molecule has 0 heterocycles. The van der Waals surface area contributed by atoms with Crippen LogP contribution >= 0.6 is 0 Å². The van der Waals surface area contributed by atoms with Crippen molar-refractivity contribution in [2.24, 2.45) is 17.3 Å². The van der Waals surface area contributed by atoms with Gasteiger partial charge in [0.2, 0.25) is 0 Å². The van der Waals surface area contributed by atoms with E-state index in [1.807, 2.05) is 0 Å². The van der Waals surface area contributed by atoms with E-state index >= 15 is 0 Å². The summed E-state index contributed by atoms with van der Waals surface area (Å²) in [4.78, 5) is 0.